The van der Waals surface area contributed by atoms with Gasteiger partial charge in [-0.2, -0.15) is 0 Å². The SMILES string of the molecule is O=C(Nc1ccc(Nc2ccc3c(c2)OCCO3)nc1)c1ccco1. The highest BCUT2D eigenvalue weighted by molar-refractivity contribution is 6.02. The number of rotatable bonds is 4. The second kappa shape index (κ2) is 6.56. The maximum Gasteiger partial charge on any atom is 0.291 e. The average molecular weight is 337 g/mol. The molecule has 1 aliphatic heterocycles. The molecule has 1 amide bonds. The van der Waals surface area contributed by atoms with Crippen molar-refractivity contribution in [2.45, 2.75) is 0 Å². The highest BCUT2D eigenvalue weighted by Gasteiger charge is 2.12. The van der Waals surface area contributed by atoms with Gasteiger partial charge >= 0.3 is 0 Å². The van der Waals surface area contributed by atoms with Crippen molar-refractivity contribution in [3.8, 4) is 11.5 Å². The van der Waals surface area contributed by atoms with Gasteiger partial charge in [0.1, 0.15) is 19.0 Å². The topological polar surface area (TPSA) is 85.6 Å². The number of hydrogen-bond acceptors (Lipinski definition) is 6. The van der Waals surface area contributed by atoms with Crippen molar-refractivity contribution in [2.75, 3.05) is 23.8 Å². The molecule has 0 unspecified atom stereocenters. The molecule has 0 bridgehead atoms. The lowest BCUT2D eigenvalue weighted by Crippen LogP contribution is -2.15. The Morgan fingerprint density at radius 2 is 1.84 bits per heavy atom. The lowest BCUT2D eigenvalue weighted by atomic mass is 10.2. The molecule has 2 N–H and O–H groups in total. The van der Waals surface area contributed by atoms with Crippen molar-refractivity contribution in [1.82, 2.24) is 4.98 Å². The van der Waals surface area contributed by atoms with Gasteiger partial charge in [0, 0.05) is 11.8 Å². The first-order chi connectivity index (χ1) is 12.3. The van der Waals surface area contributed by atoms with Gasteiger partial charge < -0.3 is 24.5 Å². The van der Waals surface area contributed by atoms with E-state index in [1.807, 2.05) is 18.2 Å². The van der Waals surface area contributed by atoms with Gasteiger partial charge in [-0.05, 0) is 36.4 Å². The Morgan fingerprint density at radius 3 is 2.60 bits per heavy atom. The lowest BCUT2D eigenvalue weighted by molar-refractivity contribution is 0.0996. The number of hydrogen-bond donors (Lipinski definition) is 2. The summed E-state index contributed by atoms with van der Waals surface area (Å²) in [7, 11) is 0. The van der Waals surface area contributed by atoms with Crippen molar-refractivity contribution in [2.24, 2.45) is 0 Å². The summed E-state index contributed by atoms with van der Waals surface area (Å²) in [4.78, 5) is 16.2. The summed E-state index contributed by atoms with van der Waals surface area (Å²) in [5.41, 5.74) is 1.42. The number of fused-ring (bicyclic) bond motifs is 1. The van der Waals surface area contributed by atoms with Crippen LogP contribution in [-0.4, -0.2) is 24.1 Å². The number of anilines is 3. The Kier molecular flexibility index (Phi) is 3.96. The van der Waals surface area contributed by atoms with Crippen LogP contribution in [0, 0.1) is 0 Å². The van der Waals surface area contributed by atoms with Crippen LogP contribution in [0.2, 0.25) is 0 Å². The third kappa shape index (κ3) is 3.40. The van der Waals surface area contributed by atoms with E-state index >= 15 is 0 Å². The van der Waals surface area contributed by atoms with E-state index in [-0.39, 0.29) is 11.7 Å². The first kappa shape index (κ1) is 15.1. The molecule has 1 aliphatic rings. The third-order valence-corrected chi connectivity index (χ3v) is 3.58. The highest BCUT2D eigenvalue weighted by Crippen LogP contribution is 2.33. The molecule has 0 fully saturated rings. The molecule has 3 aromatic rings. The van der Waals surface area contributed by atoms with E-state index in [0.29, 0.717) is 30.5 Å². The van der Waals surface area contributed by atoms with Crippen molar-refractivity contribution in [1.29, 1.82) is 0 Å². The number of benzene rings is 1. The molecule has 7 nitrogen and oxygen atoms in total. The van der Waals surface area contributed by atoms with E-state index in [1.54, 1.807) is 30.5 Å². The minimum absolute atomic E-state index is 0.249. The monoisotopic (exact) mass is 337 g/mol. The molecular formula is C18H15N3O4. The molecule has 25 heavy (non-hydrogen) atoms. The Balaban J connectivity index is 1.43. The smallest absolute Gasteiger partial charge is 0.291 e. The van der Waals surface area contributed by atoms with E-state index in [1.165, 1.54) is 6.26 Å². The van der Waals surface area contributed by atoms with Gasteiger partial charge in [-0.15, -0.1) is 0 Å². The summed E-state index contributed by atoms with van der Waals surface area (Å²) in [5, 5.41) is 5.90. The zero-order chi connectivity index (χ0) is 17.1. The Morgan fingerprint density at radius 1 is 1.00 bits per heavy atom. The normalized spacial score (nSPS) is 12.5. The Hall–Kier alpha value is -3.48. The molecule has 0 atom stereocenters. The Bertz CT molecular complexity index is 876. The van der Waals surface area contributed by atoms with Crippen LogP contribution in [0.3, 0.4) is 0 Å². The molecule has 0 spiro atoms. The Labute approximate surface area is 143 Å². The molecule has 4 rings (SSSR count). The zero-order valence-electron chi connectivity index (χ0n) is 13.2. The molecule has 3 heterocycles. The minimum Gasteiger partial charge on any atom is -0.486 e. The number of nitrogens with one attached hydrogen (secondary N) is 2. The molecular weight excluding hydrogens is 322 g/mol. The van der Waals surface area contributed by atoms with Gasteiger partial charge in [-0.25, -0.2) is 4.98 Å². The second-order valence-corrected chi connectivity index (χ2v) is 5.35. The van der Waals surface area contributed by atoms with E-state index in [9.17, 15) is 4.79 Å². The molecule has 1 aromatic carbocycles. The largest absolute Gasteiger partial charge is 0.486 e. The number of aromatic nitrogens is 1. The van der Waals surface area contributed by atoms with Gasteiger partial charge in [0.05, 0.1) is 18.1 Å². The number of furan rings is 1. The first-order valence-electron chi connectivity index (χ1n) is 7.75. The van der Waals surface area contributed by atoms with Crippen molar-refractivity contribution in [3.05, 3.63) is 60.7 Å². The van der Waals surface area contributed by atoms with E-state index < -0.39 is 0 Å². The fourth-order valence-electron chi connectivity index (χ4n) is 2.41. The number of carbonyl (C=O) groups excluding carboxylic acids is 1. The van der Waals surface area contributed by atoms with E-state index in [0.717, 1.165) is 11.4 Å². The van der Waals surface area contributed by atoms with Crippen molar-refractivity contribution >= 4 is 23.1 Å². The predicted octanol–water partition coefficient (Wildman–Crippen LogP) is 3.44. The standard InChI is InChI=1S/C18H15N3O4/c22-18(15-2-1-7-23-15)21-13-4-6-17(19-11-13)20-12-3-5-14-16(10-12)25-9-8-24-14/h1-7,10-11H,8-9H2,(H,19,20)(H,21,22). The summed E-state index contributed by atoms with van der Waals surface area (Å²) >= 11 is 0. The van der Waals surface area contributed by atoms with Crippen LogP contribution < -0.4 is 20.1 Å². The fourth-order valence-corrected chi connectivity index (χ4v) is 2.41. The van der Waals surface area contributed by atoms with E-state index in [2.05, 4.69) is 15.6 Å². The molecule has 7 heteroatoms. The third-order valence-electron chi connectivity index (χ3n) is 3.58. The van der Waals surface area contributed by atoms with E-state index in [4.69, 9.17) is 13.9 Å². The van der Waals surface area contributed by atoms with Gasteiger partial charge in [0.2, 0.25) is 0 Å². The number of amides is 1. The van der Waals surface area contributed by atoms with Crippen LogP contribution in [0.4, 0.5) is 17.2 Å². The summed E-state index contributed by atoms with van der Waals surface area (Å²) in [6.07, 6.45) is 3.02. The number of carbonyl (C=O) groups is 1. The number of pyridine rings is 1. The first-order valence-corrected chi connectivity index (χ1v) is 7.75. The summed E-state index contributed by atoms with van der Waals surface area (Å²) in [6.45, 7) is 1.10. The van der Waals surface area contributed by atoms with Gasteiger partial charge in [0.25, 0.3) is 5.91 Å². The second-order valence-electron chi connectivity index (χ2n) is 5.35. The van der Waals surface area contributed by atoms with Crippen LogP contribution in [0.15, 0.2) is 59.3 Å². The molecule has 2 aromatic heterocycles. The highest BCUT2D eigenvalue weighted by atomic mass is 16.6. The van der Waals surface area contributed by atoms with Crippen LogP contribution >= 0.6 is 0 Å². The molecule has 0 saturated heterocycles. The molecule has 0 saturated carbocycles. The molecule has 0 radical (unpaired) electrons. The zero-order valence-corrected chi connectivity index (χ0v) is 13.2. The maximum atomic E-state index is 11.9. The van der Waals surface area contributed by atoms with Crippen LogP contribution in [0.1, 0.15) is 10.6 Å². The number of nitrogens with zero attached hydrogens (tertiary/aromatic N) is 1. The van der Waals surface area contributed by atoms with Crippen LogP contribution in [0.5, 0.6) is 11.5 Å². The number of ether oxygens (including phenoxy) is 2. The summed E-state index contributed by atoms with van der Waals surface area (Å²) < 4.78 is 16.1. The van der Waals surface area contributed by atoms with Crippen LogP contribution in [-0.2, 0) is 0 Å². The van der Waals surface area contributed by atoms with Crippen molar-refractivity contribution in [3.63, 3.8) is 0 Å². The van der Waals surface area contributed by atoms with Gasteiger partial charge in [-0.3, -0.25) is 4.79 Å². The molecule has 0 aliphatic carbocycles. The summed E-state index contributed by atoms with van der Waals surface area (Å²) in [6, 6.07) is 12.4. The molecule has 126 valence electrons. The average Bonchev–Trinajstić information content (AvgIpc) is 3.18. The fraction of sp³-hybridized carbons (Fsp3) is 0.111. The van der Waals surface area contributed by atoms with Crippen molar-refractivity contribution < 1.29 is 18.7 Å². The predicted molar refractivity (Wildman–Crippen MR) is 91.6 cm³/mol. The van der Waals surface area contributed by atoms with Gasteiger partial charge in [-0.1, -0.05) is 0 Å². The van der Waals surface area contributed by atoms with Gasteiger partial charge in [0.15, 0.2) is 17.3 Å². The lowest BCUT2D eigenvalue weighted by Gasteiger charge is -2.19. The summed E-state index contributed by atoms with van der Waals surface area (Å²) in [5.74, 6) is 2.02. The minimum atomic E-state index is -0.320. The quantitative estimate of drug-likeness (QED) is 0.758. The van der Waals surface area contributed by atoms with Crippen LogP contribution in [0.25, 0.3) is 0 Å². The maximum absolute atomic E-state index is 11.9.